The molecule has 0 N–H and O–H groups in total. The van der Waals surface area contributed by atoms with Crippen molar-refractivity contribution in [3.8, 4) is 0 Å². The quantitative estimate of drug-likeness (QED) is 0.0202. The largest absolute Gasteiger partial charge is 0.545 e. The van der Waals surface area contributed by atoms with Gasteiger partial charge in [-0.15, -0.1) is 0 Å². The molecule has 306 valence electrons. The molecule has 52 heavy (non-hydrogen) atoms. The van der Waals surface area contributed by atoms with Crippen molar-refractivity contribution in [2.45, 2.75) is 200 Å². The number of carbonyl (C=O) groups excluding carboxylic acids is 3. The second kappa shape index (κ2) is 36.0. The van der Waals surface area contributed by atoms with E-state index in [1.165, 1.54) is 96.3 Å². The lowest BCUT2D eigenvalue weighted by Gasteiger charge is -2.26. The highest BCUT2D eigenvalue weighted by Gasteiger charge is 2.21. The number of carboxylic acids is 1. The maximum Gasteiger partial charge on any atom is 0.306 e. The molecule has 9 nitrogen and oxygen atoms in total. The highest BCUT2D eigenvalue weighted by molar-refractivity contribution is 5.70. The summed E-state index contributed by atoms with van der Waals surface area (Å²) in [7, 11) is 5.90. The highest BCUT2D eigenvalue weighted by Crippen LogP contribution is 2.15. The van der Waals surface area contributed by atoms with E-state index in [4.69, 9.17) is 18.9 Å². The number of quaternary nitrogens is 1. The molecule has 0 aliphatic rings. The molecule has 0 radical (unpaired) electrons. The molecule has 0 bridgehead atoms. The summed E-state index contributed by atoms with van der Waals surface area (Å²) in [6.07, 6.45) is 32.5. The van der Waals surface area contributed by atoms with Crippen LogP contribution in [-0.4, -0.2) is 82.3 Å². The van der Waals surface area contributed by atoms with Crippen LogP contribution in [0.4, 0.5) is 0 Å². The van der Waals surface area contributed by atoms with Crippen LogP contribution >= 0.6 is 0 Å². The highest BCUT2D eigenvalue weighted by atomic mass is 16.7. The van der Waals surface area contributed by atoms with Gasteiger partial charge in [-0.05, 0) is 32.1 Å². The van der Waals surface area contributed by atoms with E-state index in [1.54, 1.807) is 0 Å². The normalized spacial score (nSPS) is 13.0. The Morgan fingerprint density at radius 2 is 1.02 bits per heavy atom. The van der Waals surface area contributed by atoms with Crippen LogP contribution in [0.25, 0.3) is 0 Å². The minimum Gasteiger partial charge on any atom is -0.545 e. The van der Waals surface area contributed by atoms with Crippen molar-refractivity contribution in [2.75, 3.05) is 47.5 Å². The Kier molecular flexibility index (Phi) is 34.7. The Bertz CT molecular complexity index is 872. The van der Waals surface area contributed by atoms with Gasteiger partial charge in [0.1, 0.15) is 13.2 Å². The predicted molar refractivity (Wildman–Crippen MR) is 210 cm³/mol. The number of unbranched alkanes of at least 4 members (excludes halogenated alkanes) is 22. The van der Waals surface area contributed by atoms with Crippen LogP contribution in [0, 0.1) is 0 Å². The van der Waals surface area contributed by atoms with Gasteiger partial charge in [-0.2, -0.15) is 0 Å². The number of hydrogen-bond donors (Lipinski definition) is 0. The Morgan fingerprint density at radius 1 is 0.558 bits per heavy atom. The van der Waals surface area contributed by atoms with Gasteiger partial charge in [0.25, 0.3) is 0 Å². The average Bonchev–Trinajstić information content (AvgIpc) is 3.09. The molecule has 0 aliphatic carbocycles. The van der Waals surface area contributed by atoms with Crippen molar-refractivity contribution >= 4 is 17.9 Å². The Hall–Kier alpha value is -1.97. The summed E-state index contributed by atoms with van der Waals surface area (Å²) in [5.41, 5.74) is 0. The number of carbonyl (C=O) groups is 3. The molecule has 0 saturated carbocycles. The van der Waals surface area contributed by atoms with Gasteiger partial charge < -0.3 is 33.3 Å². The van der Waals surface area contributed by atoms with Gasteiger partial charge >= 0.3 is 11.9 Å². The van der Waals surface area contributed by atoms with Gasteiger partial charge in [0.2, 0.25) is 0 Å². The zero-order chi connectivity index (χ0) is 38.5. The second-order valence-electron chi connectivity index (χ2n) is 15.6. The number of ether oxygens (including phenoxy) is 4. The van der Waals surface area contributed by atoms with Crippen LogP contribution in [0.3, 0.4) is 0 Å². The molecular formula is C43H81NO8. The molecule has 0 amide bonds. The van der Waals surface area contributed by atoms with Crippen molar-refractivity contribution in [3.05, 3.63) is 12.2 Å². The molecular weight excluding hydrogens is 658 g/mol. The van der Waals surface area contributed by atoms with E-state index in [2.05, 4.69) is 26.0 Å². The number of nitrogens with zero attached hydrogens (tertiary/aromatic N) is 1. The molecule has 0 aliphatic heterocycles. The van der Waals surface area contributed by atoms with Crippen LogP contribution in [0.1, 0.15) is 187 Å². The molecule has 0 aromatic rings. The number of carboxylic acid groups (broad SMARTS) is 1. The van der Waals surface area contributed by atoms with E-state index >= 15 is 0 Å². The number of esters is 2. The van der Waals surface area contributed by atoms with Crippen LogP contribution in [0.15, 0.2) is 12.2 Å². The average molecular weight is 740 g/mol. The topological polar surface area (TPSA) is 111 Å². The third-order valence-electron chi connectivity index (χ3n) is 9.24. The Balaban J connectivity index is 4.38. The smallest absolute Gasteiger partial charge is 0.306 e. The maximum absolute atomic E-state index is 12.7. The van der Waals surface area contributed by atoms with E-state index in [1.807, 2.05) is 21.1 Å². The third kappa shape index (κ3) is 36.4. The van der Waals surface area contributed by atoms with E-state index < -0.39 is 24.3 Å². The first-order chi connectivity index (χ1) is 25.1. The van der Waals surface area contributed by atoms with E-state index in [-0.39, 0.29) is 32.2 Å². The zero-order valence-electron chi connectivity index (χ0n) is 34.4. The molecule has 0 aromatic heterocycles. The molecule has 0 heterocycles. The molecule has 0 saturated heterocycles. The summed E-state index contributed by atoms with van der Waals surface area (Å²) in [6, 6.07) is 0. The first-order valence-corrected chi connectivity index (χ1v) is 21.3. The van der Waals surface area contributed by atoms with Gasteiger partial charge in [-0.1, -0.05) is 154 Å². The minimum atomic E-state index is -1.62. The van der Waals surface area contributed by atoms with E-state index in [9.17, 15) is 19.5 Å². The predicted octanol–water partition coefficient (Wildman–Crippen LogP) is 9.39. The van der Waals surface area contributed by atoms with Crippen molar-refractivity contribution in [3.63, 3.8) is 0 Å². The molecule has 0 aromatic carbocycles. The zero-order valence-corrected chi connectivity index (χ0v) is 34.4. The molecule has 2 atom stereocenters. The lowest BCUT2D eigenvalue weighted by Crippen LogP contribution is -2.44. The van der Waals surface area contributed by atoms with Gasteiger partial charge in [0.05, 0.1) is 40.3 Å². The standard InChI is InChI=1S/C43H81NO8/c1-6-8-10-12-14-16-18-19-20-21-22-23-24-26-27-29-31-33-40(45)50-37-39(38-51-43(42(47)48)49-36-35-44(3,4)5)52-41(46)34-32-30-28-25-17-15-13-11-9-7-2/h11,13,39,43H,6-10,12,14-38H2,1-5H3/b13-11-. The van der Waals surface area contributed by atoms with Crippen molar-refractivity contribution < 1.29 is 42.9 Å². The number of rotatable bonds is 39. The first kappa shape index (κ1) is 50.0. The number of allylic oxidation sites excluding steroid dienone is 2. The van der Waals surface area contributed by atoms with Gasteiger partial charge in [0, 0.05) is 12.8 Å². The fraction of sp³-hybridized carbons (Fsp3) is 0.884. The third-order valence-corrected chi connectivity index (χ3v) is 9.24. The summed E-state index contributed by atoms with van der Waals surface area (Å²) in [5, 5.41) is 11.6. The monoisotopic (exact) mass is 740 g/mol. The second-order valence-corrected chi connectivity index (χ2v) is 15.6. The SMILES string of the molecule is CCC/C=C\CCCCCCCC(=O)OC(COC(=O)CCCCCCCCCCCCCCCCCCC)COC(OCC[N+](C)(C)C)C(=O)[O-]. The van der Waals surface area contributed by atoms with E-state index in [0.717, 1.165) is 57.8 Å². The number of aliphatic carboxylic acids is 1. The van der Waals surface area contributed by atoms with E-state index in [0.29, 0.717) is 23.9 Å². The maximum atomic E-state index is 12.7. The molecule has 0 fully saturated rings. The fourth-order valence-corrected chi connectivity index (χ4v) is 5.89. The van der Waals surface area contributed by atoms with Crippen molar-refractivity contribution in [1.29, 1.82) is 0 Å². The number of hydrogen-bond acceptors (Lipinski definition) is 8. The first-order valence-electron chi connectivity index (χ1n) is 21.3. The van der Waals surface area contributed by atoms with Crippen molar-refractivity contribution in [2.24, 2.45) is 0 Å². The molecule has 0 rings (SSSR count). The minimum absolute atomic E-state index is 0.149. The Morgan fingerprint density at radius 3 is 1.50 bits per heavy atom. The fourth-order valence-electron chi connectivity index (χ4n) is 5.89. The molecule has 0 spiro atoms. The molecule has 2 unspecified atom stereocenters. The summed E-state index contributed by atoms with van der Waals surface area (Å²) in [4.78, 5) is 36.8. The van der Waals surface area contributed by atoms with Gasteiger partial charge in [0.15, 0.2) is 12.4 Å². The van der Waals surface area contributed by atoms with Crippen LogP contribution < -0.4 is 5.11 Å². The Labute approximate surface area is 319 Å². The lowest BCUT2D eigenvalue weighted by molar-refractivity contribution is -0.870. The van der Waals surface area contributed by atoms with Gasteiger partial charge in [-0.3, -0.25) is 9.59 Å². The summed E-state index contributed by atoms with van der Waals surface area (Å²) < 4.78 is 22.5. The van der Waals surface area contributed by atoms with Crippen LogP contribution in [0.5, 0.6) is 0 Å². The summed E-state index contributed by atoms with van der Waals surface area (Å²) >= 11 is 0. The number of likely N-dealkylation sites (N-methyl/N-ethyl adjacent to an activating group) is 1. The van der Waals surface area contributed by atoms with Gasteiger partial charge in [-0.25, -0.2) is 0 Å². The lowest BCUT2D eigenvalue weighted by atomic mass is 10.0. The summed E-state index contributed by atoms with van der Waals surface area (Å²) in [6.45, 7) is 4.67. The van der Waals surface area contributed by atoms with Crippen LogP contribution in [-0.2, 0) is 33.3 Å². The summed E-state index contributed by atoms with van der Waals surface area (Å²) in [5.74, 6) is -2.29. The van der Waals surface area contributed by atoms with Crippen molar-refractivity contribution in [1.82, 2.24) is 0 Å². The van der Waals surface area contributed by atoms with Crippen LogP contribution in [0.2, 0.25) is 0 Å². The molecule has 9 heteroatoms.